The van der Waals surface area contributed by atoms with Crippen molar-refractivity contribution in [2.45, 2.75) is 42.9 Å². The van der Waals surface area contributed by atoms with E-state index in [1.165, 1.54) is 44.1 Å². The van der Waals surface area contributed by atoms with Crippen molar-refractivity contribution >= 4 is 17.9 Å². The molecule has 1 fully saturated rings. The Kier molecular flexibility index (Phi) is 5.58. The molecule has 0 bridgehead atoms. The molecule has 0 spiro atoms. The molecule has 140 valence electrons. The molecule has 2 aromatic heterocycles. The van der Waals surface area contributed by atoms with E-state index in [0.29, 0.717) is 17.7 Å². The van der Waals surface area contributed by atoms with Crippen LogP contribution in [0.15, 0.2) is 53.7 Å². The summed E-state index contributed by atoms with van der Waals surface area (Å²) in [4.78, 5) is 10.3. The minimum atomic E-state index is 0.476. The van der Waals surface area contributed by atoms with Crippen molar-refractivity contribution < 1.29 is 4.74 Å². The summed E-state index contributed by atoms with van der Waals surface area (Å²) in [6.07, 6.45) is 9.95. The van der Waals surface area contributed by atoms with Gasteiger partial charge in [0.2, 0.25) is 11.8 Å². The van der Waals surface area contributed by atoms with Gasteiger partial charge in [0.25, 0.3) is 0 Å². The first-order valence-electron chi connectivity index (χ1n) is 9.30. The molecule has 0 unspecified atom stereocenters. The first-order chi connectivity index (χ1) is 13.3. The number of aromatic nitrogens is 4. The minimum Gasteiger partial charge on any atom is -0.439 e. The van der Waals surface area contributed by atoms with Crippen LogP contribution in [0.1, 0.15) is 43.7 Å². The molecule has 2 heterocycles. The zero-order valence-corrected chi connectivity index (χ0v) is 16.2. The Labute approximate surface area is 163 Å². The second-order valence-electron chi connectivity index (χ2n) is 6.76. The lowest BCUT2D eigenvalue weighted by molar-refractivity contribution is 0.428. The number of para-hydroxylation sites is 1. The molecule has 0 atom stereocenters. The maximum Gasteiger partial charge on any atom is 0.236 e. The molecule has 1 N–H and O–H groups in total. The molecule has 0 amide bonds. The summed E-state index contributed by atoms with van der Waals surface area (Å²) < 4.78 is 11.0. The Hall–Kier alpha value is -2.54. The molecule has 1 saturated carbocycles. The lowest BCUT2D eigenvalue weighted by Gasteiger charge is -2.21. The molecule has 1 aliphatic rings. The van der Waals surface area contributed by atoms with Crippen molar-refractivity contribution in [2.75, 3.05) is 4.72 Å². The van der Waals surface area contributed by atoms with E-state index < -0.39 is 0 Å². The fraction of sp³-hybridized carbons (Fsp3) is 0.350. The van der Waals surface area contributed by atoms with Crippen molar-refractivity contribution in [1.82, 2.24) is 19.7 Å². The van der Waals surface area contributed by atoms with Gasteiger partial charge in [0.1, 0.15) is 5.75 Å². The van der Waals surface area contributed by atoms with Crippen LogP contribution in [0.25, 0.3) is 0 Å². The van der Waals surface area contributed by atoms with Gasteiger partial charge in [-0.1, -0.05) is 37.5 Å². The van der Waals surface area contributed by atoms with Gasteiger partial charge in [-0.25, -0.2) is 4.98 Å². The molecule has 4 rings (SSSR count). The van der Waals surface area contributed by atoms with Gasteiger partial charge in [0.15, 0.2) is 0 Å². The van der Waals surface area contributed by atoms with Crippen LogP contribution in [0, 0.1) is 0 Å². The topological polar surface area (TPSA) is 64.9 Å². The Balaban J connectivity index is 1.57. The maximum absolute atomic E-state index is 5.99. The molecule has 27 heavy (non-hydrogen) atoms. The van der Waals surface area contributed by atoms with E-state index in [9.17, 15) is 0 Å². The highest BCUT2D eigenvalue weighted by atomic mass is 32.2. The second-order valence-corrected chi connectivity index (χ2v) is 7.64. The monoisotopic (exact) mass is 381 g/mol. The molecule has 1 aromatic carbocycles. The third kappa shape index (κ3) is 4.80. The summed E-state index contributed by atoms with van der Waals surface area (Å²) in [5, 5.41) is 4.18. The fourth-order valence-electron chi connectivity index (χ4n) is 3.31. The molecule has 6 nitrogen and oxygen atoms in total. The van der Waals surface area contributed by atoms with Gasteiger partial charge < -0.3 is 4.74 Å². The van der Waals surface area contributed by atoms with Gasteiger partial charge in [0, 0.05) is 25.2 Å². The van der Waals surface area contributed by atoms with Crippen LogP contribution in [0.2, 0.25) is 0 Å². The van der Waals surface area contributed by atoms with Gasteiger partial charge in [-0.15, -0.1) is 0 Å². The molecular formula is C20H23N5OS. The Morgan fingerprint density at radius 2 is 1.93 bits per heavy atom. The number of benzene rings is 1. The van der Waals surface area contributed by atoms with Crippen molar-refractivity contribution in [3.05, 3.63) is 54.5 Å². The lowest BCUT2D eigenvalue weighted by Crippen LogP contribution is -2.09. The summed E-state index contributed by atoms with van der Waals surface area (Å²) in [5.41, 5.74) is 1.06. The van der Waals surface area contributed by atoms with E-state index in [2.05, 4.69) is 14.8 Å². The normalized spacial score (nSPS) is 14.9. The zero-order chi connectivity index (χ0) is 18.5. The van der Waals surface area contributed by atoms with Gasteiger partial charge in [-0.2, -0.15) is 10.1 Å². The van der Waals surface area contributed by atoms with Crippen molar-refractivity contribution in [3.63, 3.8) is 0 Å². The average Bonchev–Trinajstić information content (AvgIpc) is 3.13. The van der Waals surface area contributed by atoms with Crippen molar-refractivity contribution in [2.24, 2.45) is 7.05 Å². The molecule has 3 aromatic rings. The van der Waals surface area contributed by atoms with E-state index in [-0.39, 0.29) is 0 Å². The molecule has 0 aliphatic heterocycles. The number of nitrogens with zero attached hydrogens (tertiary/aromatic N) is 4. The number of aryl methyl sites for hydroxylation is 1. The van der Waals surface area contributed by atoms with Gasteiger partial charge in [0.05, 0.1) is 16.8 Å². The van der Waals surface area contributed by atoms with E-state index in [1.807, 2.05) is 55.8 Å². The highest BCUT2D eigenvalue weighted by Crippen LogP contribution is 2.34. The SMILES string of the molecule is Cn1cc(SNc2nc(Oc3ccccc3)cc(C3CCCCC3)n2)cn1. The zero-order valence-electron chi connectivity index (χ0n) is 15.3. The molecule has 0 saturated heterocycles. The fourth-order valence-corrected chi connectivity index (χ4v) is 3.92. The Morgan fingerprint density at radius 1 is 1.11 bits per heavy atom. The van der Waals surface area contributed by atoms with Gasteiger partial charge in [-0.05, 0) is 36.9 Å². The van der Waals surface area contributed by atoms with E-state index >= 15 is 0 Å². The van der Waals surface area contributed by atoms with Crippen LogP contribution in [-0.4, -0.2) is 19.7 Å². The third-order valence-electron chi connectivity index (χ3n) is 4.65. The number of rotatable bonds is 6. The quantitative estimate of drug-likeness (QED) is 0.594. The van der Waals surface area contributed by atoms with Crippen LogP contribution in [0.5, 0.6) is 11.6 Å². The summed E-state index contributed by atoms with van der Waals surface area (Å²) in [6.45, 7) is 0. The summed E-state index contributed by atoms with van der Waals surface area (Å²) in [7, 11) is 1.90. The van der Waals surface area contributed by atoms with Crippen molar-refractivity contribution in [1.29, 1.82) is 0 Å². The van der Waals surface area contributed by atoms with Crippen LogP contribution < -0.4 is 9.46 Å². The summed E-state index contributed by atoms with van der Waals surface area (Å²) in [6, 6.07) is 11.7. The van der Waals surface area contributed by atoms with Crippen molar-refractivity contribution in [3.8, 4) is 11.6 Å². The highest BCUT2D eigenvalue weighted by molar-refractivity contribution is 8.00. The first kappa shape index (κ1) is 17.9. The van der Waals surface area contributed by atoms with Crippen LogP contribution in [-0.2, 0) is 7.05 Å². The van der Waals surface area contributed by atoms with Gasteiger partial charge in [-0.3, -0.25) is 9.40 Å². The highest BCUT2D eigenvalue weighted by Gasteiger charge is 2.19. The number of ether oxygens (including phenoxy) is 1. The van der Waals surface area contributed by atoms with E-state index in [1.54, 1.807) is 4.68 Å². The van der Waals surface area contributed by atoms with E-state index in [0.717, 1.165) is 16.3 Å². The maximum atomic E-state index is 5.99. The molecule has 1 aliphatic carbocycles. The third-order valence-corrected chi connectivity index (χ3v) is 5.38. The predicted molar refractivity (Wildman–Crippen MR) is 107 cm³/mol. The number of hydrogen-bond acceptors (Lipinski definition) is 6. The first-order valence-corrected chi connectivity index (χ1v) is 10.1. The smallest absolute Gasteiger partial charge is 0.236 e. The molecule has 7 heteroatoms. The van der Waals surface area contributed by atoms with Crippen LogP contribution >= 0.6 is 11.9 Å². The largest absolute Gasteiger partial charge is 0.439 e. The van der Waals surface area contributed by atoms with Gasteiger partial charge >= 0.3 is 0 Å². The minimum absolute atomic E-state index is 0.476. The molecular weight excluding hydrogens is 358 g/mol. The Bertz CT molecular complexity index is 877. The second kappa shape index (κ2) is 8.43. The summed E-state index contributed by atoms with van der Waals surface area (Å²) in [5.74, 6) is 2.39. The van der Waals surface area contributed by atoms with Crippen LogP contribution in [0.3, 0.4) is 0 Å². The number of hydrogen-bond donors (Lipinski definition) is 1. The number of nitrogens with one attached hydrogen (secondary N) is 1. The predicted octanol–water partition coefficient (Wildman–Crippen LogP) is 5.17. The average molecular weight is 382 g/mol. The van der Waals surface area contributed by atoms with E-state index in [4.69, 9.17) is 9.72 Å². The lowest BCUT2D eigenvalue weighted by atomic mass is 9.87. The standard InChI is InChI=1S/C20H23N5OS/c1-25-14-17(13-21-25)27-24-20-22-18(15-8-4-2-5-9-15)12-19(23-20)26-16-10-6-3-7-11-16/h3,6-7,10-15H,2,4-5,8-9H2,1H3,(H,22,23,24). The number of anilines is 1. The Morgan fingerprint density at radius 3 is 2.67 bits per heavy atom. The van der Waals surface area contributed by atoms with Crippen LogP contribution in [0.4, 0.5) is 5.95 Å². The molecule has 0 radical (unpaired) electrons. The summed E-state index contributed by atoms with van der Waals surface area (Å²) >= 11 is 1.45.